The van der Waals surface area contributed by atoms with E-state index < -0.39 is 5.97 Å². The average Bonchev–Trinajstić information content (AvgIpc) is 3.21. The monoisotopic (exact) mass is 385 g/mol. The lowest BCUT2D eigenvalue weighted by Gasteiger charge is -2.34. The van der Waals surface area contributed by atoms with Crippen LogP contribution in [0.25, 0.3) is 0 Å². The normalized spacial score (nSPS) is 15.3. The number of rotatable bonds is 8. The molecule has 3 rings (SSSR count). The van der Waals surface area contributed by atoms with E-state index in [0.717, 1.165) is 39.3 Å². The molecule has 150 valence electrons. The molecule has 1 saturated heterocycles. The lowest BCUT2D eigenvalue weighted by molar-refractivity contribution is -0.117. The lowest BCUT2D eigenvalue weighted by Crippen LogP contribution is -2.49. The maximum Gasteiger partial charge on any atom is 0.340 e. The molecule has 8 heteroatoms. The summed E-state index contributed by atoms with van der Waals surface area (Å²) in [4.78, 5) is 33.1. The summed E-state index contributed by atoms with van der Waals surface area (Å²) >= 11 is 0. The summed E-state index contributed by atoms with van der Waals surface area (Å²) < 4.78 is 7.12. The third kappa shape index (κ3) is 5.64. The number of piperazine rings is 1. The van der Waals surface area contributed by atoms with Crippen molar-refractivity contribution in [3.63, 3.8) is 0 Å². The Kier molecular flexibility index (Phi) is 7.16. The second-order valence-electron chi connectivity index (χ2n) is 6.73. The van der Waals surface area contributed by atoms with E-state index in [9.17, 15) is 9.59 Å². The SMILES string of the molecule is CCOC(=O)c1ccccc1NC(=O)CN1CCN(CCn2ccnc2)CC1. The number of aromatic nitrogens is 2. The lowest BCUT2D eigenvalue weighted by atomic mass is 10.2. The first-order valence-corrected chi connectivity index (χ1v) is 9.62. The number of nitrogens with zero attached hydrogens (tertiary/aromatic N) is 4. The third-order valence-electron chi connectivity index (χ3n) is 4.76. The fourth-order valence-electron chi connectivity index (χ4n) is 3.22. The second kappa shape index (κ2) is 10.0. The van der Waals surface area contributed by atoms with E-state index in [4.69, 9.17) is 4.74 Å². The molecule has 1 aromatic heterocycles. The van der Waals surface area contributed by atoms with Crippen LogP contribution in [0.1, 0.15) is 17.3 Å². The van der Waals surface area contributed by atoms with Gasteiger partial charge in [0.1, 0.15) is 0 Å². The molecule has 0 saturated carbocycles. The highest BCUT2D eigenvalue weighted by Crippen LogP contribution is 2.16. The number of hydrogen-bond acceptors (Lipinski definition) is 6. The van der Waals surface area contributed by atoms with Crippen molar-refractivity contribution in [1.29, 1.82) is 0 Å². The van der Waals surface area contributed by atoms with Crippen LogP contribution in [0.5, 0.6) is 0 Å². The van der Waals surface area contributed by atoms with Crippen molar-refractivity contribution in [1.82, 2.24) is 19.4 Å². The average molecular weight is 385 g/mol. The summed E-state index contributed by atoms with van der Waals surface area (Å²) in [6.07, 6.45) is 5.58. The Balaban J connectivity index is 1.44. The van der Waals surface area contributed by atoms with Crippen LogP contribution < -0.4 is 5.32 Å². The third-order valence-corrected chi connectivity index (χ3v) is 4.76. The molecule has 2 heterocycles. The standard InChI is InChI=1S/C20H27N5O3/c1-2-28-20(27)17-5-3-4-6-18(17)22-19(26)15-24-12-9-23(10-13-24)11-14-25-8-7-21-16-25/h3-8,16H,2,9-15H2,1H3,(H,22,26). The van der Waals surface area contributed by atoms with Gasteiger partial charge in [-0.3, -0.25) is 14.6 Å². The number of carbonyl (C=O) groups excluding carboxylic acids is 2. The van der Waals surface area contributed by atoms with Crippen LogP contribution in [0.3, 0.4) is 0 Å². The van der Waals surface area contributed by atoms with Crippen molar-refractivity contribution in [2.45, 2.75) is 13.5 Å². The van der Waals surface area contributed by atoms with Crippen LogP contribution in [0.4, 0.5) is 5.69 Å². The number of amides is 1. The summed E-state index contributed by atoms with van der Waals surface area (Å²) in [6, 6.07) is 6.92. The van der Waals surface area contributed by atoms with Gasteiger partial charge in [0.15, 0.2) is 0 Å². The smallest absolute Gasteiger partial charge is 0.340 e. The summed E-state index contributed by atoms with van der Waals surface area (Å²) in [5.41, 5.74) is 0.868. The Hall–Kier alpha value is -2.71. The highest BCUT2D eigenvalue weighted by atomic mass is 16.5. The molecule has 0 bridgehead atoms. The number of nitrogens with one attached hydrogen (secondary N) is 1. The molecule has 2 aromatic rings. The van der Waals surface area contributed by atoms with Crippen molar-refractivity contribution in [3.8, 4) is 0 Å². The minimum atomic E-state index is -0.426. The molecule has 0 unspecified atom stereocenters. The maximum atomic E-state index is 12.4. The Morgan fingerprint density at radius 1 is 1.11 bits per heavy atom. The van der Waals surface area contributed by atoms with E-state index in [0.29, 0.717) is 24.4 Å². The topological polar surface area (TPSA) is 79.7 Å². The molecule has 1 aromatic carbocycles. The first kappa shape index (κ1) is 20.0. The molecule has 8 nitrogen and oxygen atoms in total. The molecule has 1 aliphatic rings. The number of ether oxygens (including phenoxy) is 1. The van der Waals surface area contributed by atoms with E-state index in [-0.39, 0.29) is 5.91 Å². The minimum absolute atomic E-state index is 0.122. The van der Waals surface area contributed by atoms with E-state index in [1.807, 2.05) is 12.5 Å². The molecule has 0 aliphatic carbocycles. The number of imidazole rings is 1. The first-order chi connectivity index (χ1) is 13.7. The quantitative estimate of drug-likeness (QED) is 0.691. The minimum Gasteiger partial charge on any atom is -0.462 e. The van der Waals surface area contributed by atoms with Crippen molar-refractivity contribution >= 4 is 17.6 Å². The Morgan fingerprint density at radius 2 is 1.86 bits per heavy atom. The van der Waals surface area contributed by atoms with E-state index in [1.54, 1.807) is 37.4 Å². The fourth-order valence-corrected chi connectivity index (χ4v) is 3.22. The molecule has 1 aliphatic heterocycles. The van der Waals surface area contributed by atoms with Crippen LogP contribution in [0.2, 0.25) is 0 Å². The van der Waals surface area contributed by atoms with E-state index in [1.165, 1.54) is 0 Å². The predicted octanol–water partition coefficient (Wildman–Crippen LogP) is 1.32. The van der Waals surface area contributed by atoms with Gasteiger partial charge in [-0.1, -0.05) is 12.1 Å². The van der Waals surface area contributed by atoms with Crippen LogP contribution >= 0.6 is 0 Å². The van der Waals surface area contributed by atoms with Crippen LogP contribution in [0.15, 0.2) is 43.0 Å². The maximum absolute atomic E-state index is 12.4. The summed E-state index contributed by atoms with van der Waals surface area (Å²) in [5, 5.41) is 2.85. The van der Waals surface area contributed by atoms with Crippen LogP contribution in [0, 0.1) is 0 Å². The zero-order chi connectivity index (χ0) is 19.8. The van der Waals surface area contributed by atoms with E-state index >= 15 is 0 Å². The van der Waals surface area contributed by atoms with Crippen molar-refractivity contribution in [2.75, 3.05) is 51.2 Å². The largest absolute Gasteiger partial charge is 0.462 e. The van der Waals surface area contributed by atoms with Gasteiger partial charge in [0.05, 0.1) is 30.7 Å². The van der Waals surface area contributed by atoms with Gasteiger partial charge < -0.3 is 14.6 Å². The zero-order valence-electron chi connectivity index (χ0n) is 16.2. The molecule has 0 spiro atoms. The van der Waals surface area contributed by atoms with Gasteiger partial charge in [0, 0.05) is 51.7 Å². The fraction of sp³-hybridized carbons (Fsp3) is 0.450. The van der Waals surface area contributed by atoms with Crippen molar-refractivity contribution in [3.05, 3.63) is 48.5 Å². The van der Waals surface area contributed by atoms with Gasteiger partial charge in [-0.25, -0.2) is 9.78 Å². The number of anilines is 1. The summed E-state index contributed by atoms with van der Waals surface area (Å²) in [7, 11) is 0. The molecule has 0 atom stereocenters. The summed E-state index contributed by atoms with van der Waals surface area (Å²) in [6.45, 7) is 7.82. The van der Waals surface area contributed by atoms with Crippen LogP contribution in [-0.4, -0.2) is 77.1 Å². The molecule has 0 radical (unpaired) electrons. The predicted molar refractivity (Wildman–Crippen MR) is 106 cm³/mol. The van der Waals surface area contributed by atoms with Gasteiger partial charge in [-0.15, -0.1) is 0 Å². The number of carbonyl (C=O) groups is 2. The number of hydrogen-bond donors (Lipinski definition) is 1. The molecule has 1 N–H and O–H groups in total. The molecule has 1 fully saturated rings. The number of esters is 1. The van der Waals surface area contributed by atoms with Gasteiger partial charge in [-0.05, 0) is 19.1 Å². The van der Waals surface area contributed by atoms with Gasteiger partial charge >= 0.3 is 5.97 Å². The van der Waals surface area contributed by atoms with Crippen LogP contribution in [-0.2, 0) is 16.1 Å². The molecular formula is C20H27N5O3. The first-order valence-electron chi connectivity index (χ1n) is 9.62. The van der Waals surface area contributed by atoms with E-state index in [2.05, 4.69) is 24.7 Å². The van der Waals surface area contributed by atoms with Crippen molar-refractivity contribution in [2.24, 2.45) is 0 Å². The number of benzene rings is 1. The van der Waals surface area contributed by atoms with Gasteiger partial charge in [-0.2, -0.15) is 0 Å². The van der Waals surface area contributed by atoms with Crippen molar-refractivity contribution < 1.29 is 14.3 Å². The molecular weight excluding hydrogens is 358 g/mol. The Labute approximate surface area is 165 Å². The molecule has 28 heavy (non-hydrogen) atoms. The van der Waals surface area contributed by atoms with Gasteiger partial charge in [0.2, 0.25) is 5.91 Å². The highest BCUT2D eigenvalue weighted by Gasteiger charge is 2.20. The summed E-state index contributed by atoms with van der Waals surface area (Å²) in [5.74, 6) is -0.548. The Morgan fingerprint density at radius 3 is 2.57 bits per heavy atom. The zero-order valence-corrected chi connectivity index (χ0v) is 16.2. The molecule has 1 amide bonds. The number of para-hydroxylation sites is 1. The Bertz CT molecular complexity index is 770. The second-order valence-corrected chi connectivity index (χ2v) is 6.73. The van der Waals surface area contributed by atoms with Gasteiger partial charge in [0.25, 0.3) is 0 Å². The highest BCUT2D eigenvalue weighted by molar-refractivity contribution is 6.01.